The topological polar surface area (TPSA) is 331 Å². The fourth-order valence-corrected chi connectivity index (χ4v) is 16.3. The fraction of sp³-hybridized carbons (Fsp3) is 0.243. The molecule has 1 aromatic heterocycles. The Bertz CT molecular complexity index is 4470. The molecule has 7 aliphatic rings. The zero-order valence-corrected chi connectivity index (χ0v) is 58.8. The van der Waals surface area contributed by atoms with Gasteiger partial charge in [0.2, 0.25) is 42.0 Å². The lowest BCUT2D eigenvalue weighted by Gasteiger charge is -2.36. The van der Waals surface area contributed by atoms with E-state index in [9.17, 15) is 38.4 Å². The van der Waals surface area contributed by atoms with E-state index in [1.54, 1.807) is 38.3 Å². The molecule has 13 N–H and O–H groups in total. The predicted molar refractivity (Wildman–Crippen MR) is 386 cm³/mol. The number of aromatic amines is 1. The maximum absolute atomic E-state index is 11.8. The highest BCUT2D eigenvalue weighted by atomic mass is 28.4. The number of fused-ring (bicyclic) bond motifs is 4. The number of carbonyl (C=O) groups excluding carboxylic acids is 4. The highest BCUT2D eigenvalue weighted by Crippen LogP contribution is 2.41. The molecule has 4 unspecified atom stereocenters. The van der Waals surface area contributed by atoms with E-state index in [2.05, 4.69) is 44.2 Å². The number of benzene rings is 5. The Morgan fingerprint density at radius 3 is 1.44 bits per heavy atom. The van der Waals surface area contributed by atoms with Crippen molar-refractivity contribution in [2.24, 2.45) is 56.0 Å². The van der Waals surface area contributed by atoms with Gasteiger partial charge in [-0.3, -0.25) is 19.2 Å². The SMILES string of the molecule is CC1(c2nc3c(C(N)=O)cccc3[nH]2)CCCN1c1cccc([Si](C)(C)O)c1.C[Si](C)(O)Cc1ccc([N+]2=CC3C=CC=C(C(N)=O)C3=N2)cc1.C[Si](C)(O)c1ccc([N+]2=CC3C=CC=C(C(N)=O)C3=N2)cc1.C[Si](C)(O)c1cccc([N+]2=CC3C=CC=C(C(N)=O)C3=N2)c1. The minimum atomic E-state index is -2.39. The number of hydrogen-bond donors (Lipinski definition) is 9. The van der Waals surface area contributed by atoms with Gasteiger partial charge in [-0.2, -0.15) is 0 Å². The Balaban J connectivity index is 0.000000139. The van der Waals surface area contributed by atoms with Crippen molar-refractivity contribution in [1.82, 2.24) is 9.97 Å². The van der Waals surface area contributed by atoms with E-state index >= 15 is 0 Å². The monoisotopic (exact) mass is 1340 g/mol. The molecule has 4 aliphatic heterocycles. The molecule has 488 valence electrons. The number of H-pyrrole nitrogens is 1. The number of amides is 4. The average Bonchev–Trinajstić information content (AvgIpc) is 1.63. The summed E-state index contributed by atoms with van der Waals surface area (Å²) in [5.74, 6) is -1.14. The highest BCUT2D eigenvalue weighted by molar-refractivity contribution is 6.84. The number of primary amides is 4. The number of nitrogens with zero attached hydrogens (tertiary/aromatic N) is 8. The molecule has 0 saturated carbocycles. The van der Waals surface area contributed by atoms with Crippen LogP contribution in [-0.2, 0) is 26.0 Å². The fourth-order valence-electron chi connectivity index (χ4n) is 12.0. The van der Waals surface area contributed by atoms with E-state index in [1.807, 2.05) is 205 Å². The molecule has 0 radical (unpaired) electrons. The Labute approximate surface area is 556 Å². The van der Waals surface area contributed by atoms with Crippen molar-refractivity contribution in [3.8, 4) is 0 Å². The first-order valence-corrected chi connectivity index (χ1v) is 43.4. The molecule has 1 saturated heterocycles. The first-order chi connectivity index (χ1) is 44.7. The van der Waals surface area contributed by atoms with Crippen LogP contribution >= 0.6 is 0 Å². The summed E-state index contributed by atoms with van der Waals surface area (Å²) in [5.41, 5.74) is 31.6. The number of nitrogens with two attached hydrogens (primary N) is 4. The number of aromatic nitrogens is 2. The summed E-state index contributed by atoms with van der Waals surface area (Å²) in [6.45, 7) is 18.3. The Morgan fingerprint density at radius 2 is 0.989 bits per heavy atom. The number of nitrogens with one attached hydrogen (secondary N) is 1. The third-order valence-electron chi connectivity index (χ3n) is 17.2. The standard InChI is InChI=1S/C21H26N4O2Si.C17H19N3O2Si.2C16H17N3O2Si/c1-21(20-23-17-10-5-9-16(19(22)26)18(17)24-20)11-6-12-25(21)14-7-4-8-15(13-14)28(2,3)27;1-23(2,22)11-12-6-8-14(9-7-12)20-10-13-4-3-5-15(17(18)21)16(13)19-20;1-22(2,21)13-7-4-6-12(9-13)19-10-11-5-3-8-14(16(17)20)15(11)18-19;1-22(2,21)13-8-6-12(7-9-13)19-10-11-4-3-5-14(16(17)20)15(11)18-19/h4-5,7-10,13,27H,6,11-12H2,1-3H3,(H2,22,26)(H,23,24);3-10,13,22H,11H2,1-2H3,(H-,18,21);2*3-11,21H,1-2H3,(H-,17,20)/p+3. The first kappa shape index (κ1) is 68.3. The molecule has 25 heteroatoms. The van der Waals surface area contributed by atoms with E-state index in [-0.39, 0.29) is 23.3 Å². The normalized spacial score (nSPS) is 20.0. The zero-order valence-electron chi connectivity index (χ0n) is 54.8. The van der Waals surface area contributed by atoms with Gasteiger partial charge in [-0.25, -0.2) is 4.98 Å². The molecule has 4 amide bonds. The van der Waals surface area contributed by atoms with Gasteiger partial charge in [0.25, 0.3) is 23.6 Å². The number of allylic oxidation sites excluding steroid dienone is 9. The molecule has 13 rings (SSSR count). The molecule has 95 heavy (non-hydrogen) atoms. The van der Waals surface area contributed by atoms with E-state index in [0.717, 1.165) is 80.6 Å². The van der Waals surface area contributed by atoms with Crippen LogP contribution in [0.4, 0.5) is 22.7 Å². The van der Waals surface area contributed by atoms with Crippen molar-refractivity contribution in [2.75, 3.05) is 11.4 Å². The first-order valence-electron chi connectivity index (χ1n) is 31.4. The predicted octanol–water partition coefficient (Wildman–Crippen LogP) is 5.78. The molecule has 3 aliphatic carbocycles. The van der Waals surface area contributed by atoms with Gasteiger partial charge in [-0.1, -0.05) is 105 Å². The molecule has 0 spiro atoms. The molecule has 0 bridgehead atoms. The number of rotatable bonds is 14. The van der Waals surface area contributed by atoms with Gasteiger partial charge in [0.05, 0.1) is 33.3 Å². The maximum Gasteiger partial charge on any atom is 0.250 e. The van der Waals surface area contributed by atoms with Crippen molar-refractivity contribution >= 4 is 142 Å². The van der Waals surface area contributed by atoms with Crippen molar-refractivity contribution in [1.29, 1.82) is 0 Å². The van der Waals surface area contributed by atoms with Crippen LogP contribution in [0.5, 0.6) is 0 Å². The molecule has 5 heterocycles. The highest BCUT2D eigenvalue weighted by Gasteiger charge is 2.42. The van der Waals surface area contributed by atoms with Crippen LogP contribution in [0.25, 0.3) is 11.0 Å². The molecule has 6 aromatic rings. The largest absolute Gasteiger partial charge is 0.432 e. The van der Waals surface area contributed by atoms with Gasteiger partial charge in [0, 0.05) is 63.9 Å². The average molecular weight is 1350 g/mol. The summed E-state index contributed by atoms with van der Waals surface area (Å²) < 4.78 is 5.27. The third-order valence-corrected chi connectivity index (χ3v) is 23.6. The zero-order chi connectivity index (χ0) is 68.5. The second-order valence-corrected chi connectivity index (χ2v) is 41.7. The third kappa shape index (κ3) is 15.5. The van der Waals surface area contributed by atoms with E-state index in [1.165, 1.54) is 0 Å². The van der Waals surface area contributed by atoms with Crippen molar-refractivity contribution in [3.05, 3.63) is 204 Å². The molecular weight excluding hydrogens is 1260 g/mol. The van der Waals surface area contributed by atoms with Gasteiger partial charge in [-0.15, -0.1) is 0 Å². The van der Waals surface area contributed by atoms with Gasteiger partial charge in [0.15, 0.2) is 27.0 Å². The Morgan fingerprint density at radius 1 is 0.547 bits per heavy atom. The van der Waals surface area contributed by atoms with Gasteiger partial charge < -0.3 is 52.0 Å². The molecule has 4 atom stereocenters. The number of hydrogen-bond acceptors (Lipinski definition) is 13. The van der Waals surface area contributed by atoms with Crippen LogP contribution in [0.3, 0.4) is 0 Å². The number of anilines is 1. The number of para-hydroxylation sites is 1. The minimum Gasteiger partial charge on any atom is -0.432 e. The summed E-state index contributed by atoms with van der Waals surface area (Å²) in [6, 6.07) is 37.8. The number of hydrazone groups is 3. The molecule has 1 fully saturated rings. The van der Waals surface area contributed by atoms with Crippen molar-refractivity contribution < 1.29 is 52.4 Å². The lowest BCUT2D eigenvalue weighted by atomic mass is 9.93. The van der Waals surface area contributed by atoms with Crippen LogP contribution in [-0.4, -0.2) is 142 Å². The lowest BCUT2D eigenvalue weighted by Crippen LogP contribution is -2.43. The molecule has 21 nitrogen and oxygen atoms in total. The van der Waals surface area contributed by atoms with Crippen molar-refractivity contribution in [3.63, 3.8) is 0 Å². The van der Waals surface area contributed by atoms with E-state index in [0.29, 0.717) is 44.9 Å². The number of carbonyl (C=O) groups is 4. The summed E-state index contributed by atoms with van der Waals surface area (Å²) in [7, 11) is -9.17. The van der Waals surface area contributed by atoms with Crippen LogP contribution in [0.1, 0.15) is 41.5 Å². The lowest BCUT2D eigenvalue weighted by molar-refractivity contribution is -0.437. The second-order valence-electron chi connectivity index (χ2n) is 26.7. The smallest absolute Gasteiger partial charge is 0.250 e. The molecular formula is C70H82N13O8Si4+3. The maximum atomic E-state index is 11.8. The summed E-state index contributed by atoms with van der Waals surface area (Å²) in [4.78, 5) is 97.8. The number of imidazole rings is 1. The van der Waals surface area contributed by atoms with Gasteiger partial charge in [-0.05, 0) is 142 Å². The summed E-state index contributed by atoms with van der Waals surface area (Å²) in [6.07, 6.45) is 24.3. The van der Waals surface area contributed by atoms with E-state index < -0.39 is 56.9 Å². The van der Waals surface area contributed by atoms with Crippen molar-refractivity contribution in [2.45, 2.75) is 83.7 Å². The quantitative estimate of drug-likeness (QED) is 0.0468. The van der Waals surface area contributed by atoms with Crippen LogP contribution in [0, 0.1) is 17.8 Å². The summed E-state index contributed by atoms with van der Waals surface area (Å²) in [5, 5.41) is 16.5. The second kappa shape index (κ2) is 27.0. The van der Waals surface area contributed by atoms with Crippen LogP contribution in [0.15, 0.2) is 202 Å². The van der Waals surface area contributed by atoms with Crippen LogP contribution < -0.4 is 43.4 Å². The van der Waals surface area contributed by atoms with Gasteiger partial charge in [0.1, 0.15) is 46.2 Å². The molecule has 5 aromatic carbocycles. The Hall–Kier alpha value is -9.58. The summed E-state index contributed by atoms with van der Waals surface area (Å²) >= 11 is 0. The Kier molecular flexibility index (Phi) is 19.4. The van der Waals surface area contributed by atoms with E-state index in [4.69, 9.17) is 27.9 Å². The van der Waals surface area contributed by atoms with Gasteiger partial charge >= 0.3 is 0 Å². The minimum absolute atomic E-state index is 0.0223. The van der Waals surface area contributed by atoms with Crippen LogP contribution in [0.2, 0.25) is 52.4 Å².